The van der Waals surface area contributed by atoms with Crippen molar-refractivity contribution in [1.29, 1.82) is 0 Å². The first-order valence-electron chi connectivity index (χ1n) is 12.3. The number of halogens is 2. The molecule has 0 N–H and O–H groups in total. The molecule has 2 aliphatic carbocycles. The Hall–Kier alpha value is -3.60. The molecule has 0 unspecified atom stereocenters. The van der Waals surface area contributed by atoms with Gasteiger partial charge in [0.1, 0.15) is 17.0 Å². The standard InChI is InChI=1S/C30H26F2N2O/c1-19-30(29(35)34(33-19)24-7-3-2-4-8-24)26-10-6-5-9-25(26)27(20-11-15-22(31)16-12-20)28(30)21-13-17-23(32)18-14-21/h5-6,9-18,24H,2-4,7-8H2,1H3/t30-/m0/s1. The lowest BCUT2D eigenvalue weighted by Crippen LogP contribution is -2.46. The summed E-state index contributed by atoms with van der Waals surface area (Å²) >= 11 is 0. The number of fused-ring (bicyclic) bond motifs is 2. The molecule has 3 aromatic rings. The first-order valence-corrected chi connectivity index (χ1v) is 12.3. The third-order valence-electron chi connectivity index (χ3n) is 7.74. The van der Waals surface area contributed by atoms with Crippen LogP contribution in [0, 0.1) is 11.6 Å². The Morgan fingerprint density at radius 1 is 0.829 bits per heavy atom. The first-order chi connectivity index (χ1) is 17.0. The van der Waals surface area contributed by atoms with Crippen molar-refractivity contribution in [2.24, 2.45) is 5.10 Å². The van der Waals surface area contributed by atoms with Crippen molar-refractivity contribution in [2.75, 3.05) is 0 Å². The highest BCUT2D eigenvalue weighted by Crippen LogP contribution is 2.57. The molecule has 0 saturated heterocycles. The zero-order valence-corrected chi connectivity index (χ0v) is 19.6. The van der Waals surface area contributed by atoms with Crippen LogP contribution in [0.3, 0.4) is 0 Å². The SMILES string of the molecule is CC1=NN(C2CCCCC2)C(=O)[C@@]12C(c1ccc(F)cc1)=C(c1ccc(F)cc1)c1ccccc12. The molecule has 0 aromatic heterocycles. The first kappa shape index (κ1) is 21.9. The van der Waals surface area contributed by atoms with Crippen molar-refractivity contribution in [3.8, 4) is 0 Å². The maximum absolute atomic E-state index is 14.5. The largest absolute Gasteiger partial charge is 0.271 e. The summed E-state index contributed by atoms with van der Waals surface area (Å²) in [6.07, 6.45) is 5.26. The lowest BCUT2D eigenvalue weighted by atomic mass is 9.70. The smallest absolute Gasteiger partial charge is 0.263 e. The van der Waals surface area contributed by atoms with Crippen molar-refractivity contribution < 1.29 is 13.6 Å². The number of hydrogen-bond acceptors (Lipinski definition) is 2. The predicted molar refractivity (Wildman–Crippen MR) is 134 cm³/mol. The quantitative estimate of drug-likeness (QED) is 0.420. The molecule has 3 aliphatic rings. The van der Waals surface area contributed by atoms with Crippen molar-refractivity contribution in [3.05, 3.63) is 107 Å². The van der Waals surface area contributed by atoms with Crippen molar-refractivity contribution in [2.45, 2.75) is 50.5 Å². The summed E-state index contributed by atoms with van der Waals surface area (Å²) in [7, 11) is 0. The molecule has 1 saturated carbocycles. The molecule has 3 aromatic carbocycles. The molecule has 1 aliphatic heterocycles. The fraction of sp³-hybridized carbons (Fsp3) is 0.267. The van der Waals surface area contributed by atoms with E-state index in [4.69, 9.17) is 5.10 Å². The third kappa shape index (κ3) is 3.21. The molecule has 1 fully saturated rings. The van der Waals surface area contributed by atoms with Crippen LogP contribution in [-0.2, 0) is 10.2 Å². The zero-order chi connectivity index (χ0) is 24.2. The van der Waals surface area contributed by atoms with Gasteiger partial charge in [0.2, 0.25) is 0 Å². The molecule has 1 atom stereocenters. The molecule has 0 radical (unpaired) electrons. The number of hydrazone groups is 1. The third-order valence-corrected chi connectivity index (χ3v) is 7.74. The van der Waals surface area contributed by atoms with Gasteiger partial charge in [-0.05, 0) is 77.4 Å². The van der Waals surface area contributed by atoms with Crippen molar-refractivity contribution >= 4 is 22.8 Å². The summed E-state index contributed by atoms with van der Waals surface area (Å²) in [5, 5.41) is 6.62. The van der Waals surface area contributed by atoms with Crippen LogP contribution in [0.25, 0.3) is 11.1 Å². The van der Waals surface area contributed by atoms with E-state index in [0.29, 0.717) is 0 Å². The summed E-state index contributed by atoms with van der Waals surface area (Å²) in [6.45, 7) is 1.93. The fourth-order valence-corrected chi connectivity index (χ4v) is 6.16. The molecule has 3 nitrogen and oxygen atoms in total. The maximum atomic E-state index is 14.5. The molecular formula is C30H26F2N2O. The zero-order valence-electron chi connectivity index (χ0n) is 19.6. The second-order valence-corrected chi connectivity index (χ2v) is 9.69. The highest BCUT2D eigenvalue weighted by atomic mass is 19.1. The number of rotatable bonds is 3. The van der Waals surface area contributed by atoms with Gasteiger partial charge in [-0.15, -0.1) is 0 Å². The van der Waals surface area contributed by atoms with Crippen LogP contribution in [0.15, 0.2) is 77.9 Å². The Morgan fingerprint density at radius 2 is 1.43 bits per heavy atom. The van der Waals surface area contributed by atoms with E-state index < -0.39 is 5.41 Å². The summed E-state index contributed by atoms with van der Waals surface area (Å²) in [6, 6.07) is 20.6. The van der Waals surface area contributed by atoms with E-state index >= 15 is 0 Å². The van der Waals surface area contributed by atoms with Gasteiger partial charge in [-0.1, -0.05) is 67.8 Å². The van der Waals surface area contributed by atoms with Gasteiger partial charge in [-0.2, -0.15) is 5.10 Å². The normalized spacial score (nSPS) is 22.2. The Morgan fingerprint density at radius 3 is 2.09 bits per heavy atom. The lowest BCUT2D eigenvalue weighted by molar-refractivity contribution is -0.134. The Labute approximate surface area is 203 Å². The van der Waals surface area contributed by atoms with Crippen LogP contribution in [0.5, 0.6) is 0 Å². The van der Waals surface area contributed by atoms with Crippen LogP contribution in [0.1, 0.15) is 61.3 Å². The van der Waals surface area contributed by atoms with E-state index in [2.05, 4.69) is 0 Å². The Bertz CT molecular complexity index is 1370. The van der Waals surface area contributed by atoms with Gasteiger partial charge < -0.3 is 0 Å². The van der Waals surface area contributed by atoms with Gasteiger partial charge in [0.25, 0.3) is 5.91 Å². The molecular weight excluding hydrogens is 442 g/mol. The highest BCUT2D eigenvalue weighted by molar-refractivity contribution is 6.32. The molecule has 1 spiro atoms. The van der Waals surface area contributed by atoms with E-state index in [1.54, 1.807) is 29.3 Å². The summed E-state index contributed by atoms with van der Waals surface area (Å²) in [4.78, 5) is 14.5. The van der Waals surface area contributed by atoms with Crippen LogP contribution in [0.4, 0.5) is 8.78 Å². The monoisotopic (exact) mass is 468 g/mol. The molecule has 176 valence electrons. The van der Waals surface area contributed by atoms with Crippen molar-refractivity contribution in [3.63, 3.8) is 0 Å². The second-order valence-electron chi connectivity index (χ2n) is 9.69. The van der Waals surface area contributed by atoms with Gasteiger partial charge in [0.05, 0.1) is 11.8 Å². The number of carbonyl (C=O) groups excluding carboxylic acids is 1. The van der Waals surface area contributed by atoms with Crippen LogP contribution < -0.4 is 0 Å². The highest BCUT2D eigenvalue weighted by Gasteiger charge is 2.59. The number of hydrogen-bond donors (Lipinski definition) is 0. The molecule has 0 bridgehead atoms. The molecule has 1 heterocycles. The summed E-state index contributed by atoms with van der Waals surface area (Å²) in [5.41, 5.74) is 4.64. The van der Waals surface area contributed by atoms with E-state index in [-0.39, 0.29) is 23.6 Å². The summed E-state index contributed by atoms with van der Waals surface area (Å²) < 4.78 is 27.8. The minimum atomic E-state index is -1.10. The topological polar surface area (TPSA) is 32.7 Å². The molecule has 5 heteroatoms. The van der Waals surface area contributed by atoms with Gasteiger partial charge >= 0.3 is 0 Å². The number of benzene rings is 3. The Kier molecular flexibility index (Phi) is 5.17. The van der Waals surface area contributed by atoms with Crippen LogP contribution >= 0.6 is 0 Å². The van der Waals surface area contributed by atoms with E-state index in [1.807, 2.05) is 31.2 Å². The second kappa shape index (κ2) is 8.26. The fourth-order valence-electron chi connectivity index (χ4n) is 6.16. The maximum Gasteiger partial charge on any atom is 0.263 e. The van der Waals surface area contributed by atoms with E-state index in [9.17, 15) is 13.6 Å². The minimum Gasteiger partial charge on any atom is -0.271 e. The number of amides is 1. The van der Waals surface area contributed by atoms with Crippen LogP contribution in [-0.4, -0.2) is 22.7 Å². The van der Waals surface area contributed by atoms with E-state index in [0.717, 1.165) is 64.8 Å². The van der Waals surface area contributed by atoms with Crippen molar-refractivity contribution in [1.82, 2.24) is 5.01 Å². The predicted octanol–water partition coefficient (Wildman–Crippen LogP) is 6.73. The van der Waals surface area contributed by atoms with Gasteiger partial charge in [-0.25, -0.2) is 13.8 Å². The van der Waals surface area contributed by atoms with E-state index in [1.165, 1.54) is 30.7 Å². The Balaban J connectivity index is 1.65. The van der Waals surface area contributed by atoms with Gasteiger partial charge in [0.15, 0.2) is 0 Å². The minimum absolute atomic E-state index is 0.0502. The molecule has 6 rings (SSSR count). The average molecular weight is 469 g/mol. The lowest BCUT2D eigenvalue weighted by Gasteiger charge is -2.33. The molecule has 35 heavy (non-hydrogen) atoms. The number of nitrogens with zero attached hydrogens (tertiary/aromatic N) is 2. The van der Waals surface area contributed by atoms with Crippen LogP contribution in [0.2, 0.25) is 0 Å². The molecule has 1 amide bonds. The average Bonchev–Trinajstić information content (AvgIpc) is 3.34. The van der Waals surface area contributed by atoms with Gasteiger partial charge in [0, 0.05) is 0 Å². The summed E-state index contributed by atoms with van der Waals surface area (Å²) in [5.74, 6) is -0.711. The number of carbonyl (C=O) groups is 1. The van der Waals surface area contributed by atoms with Gasteiger partial charge in [-0.3, -0.25) is 4.79 Å².